The number of amides is 1. The molecule has 5 aromatic rings. The summed E-state index contributed by atoms with van der Waals surface area (Å²) in [6, 6.07) is 32.8. The van der Waals surface area contributed by atoms with Crippen molar-refractivity contribution in [1.29, 1.82) is 0 Å². The van der Waals surface area contributed by atoms with Crippen LogP contribution in [0.25, 0.3) is 0 Å². The number of carbonyl (C=O) groups is 3. The van der Waals surface area contributed by atoms with Crippen LogP contribution < -0.4 is 31.4 Å². The fourth-order valence-corrected chi connectivity index (χ4v) is 11.9. The summed E-state index contributed by atoms with van der Waals surface area (Å²) in [5.41, 5.74) is 18.1. The maximum Gasteiger partial charge on any atom is 0.312 e. The van der Waals surface area contributed by atoms with Gasteiger partial charge in [0.1, 0.15) is 28.6 Å². The number of aryl methyl sites for hydroxylation is 2. The van der Waals surface area contributed by atoms with Crippen molar-refractivity contribution in [3.05, 3.63) is 183 Å². The van der Waals surface area contributed by atoms with E-state index in [1.165, 1.54) is 4.31 Å². The number of fused-ring (bicyclic) bond motifs is 2. The first-order valence-electron chi connectivity index (χ1n) is 26.9. The fraction of sp³-hybridized carbons (Fsp3) is 0.383. The highest BCUT2D eigenvalue weighted by atomic mass is 32.2. The quantitative estimate of drug-likeness (QED) is 0.0408. The molecule has 20 nitrogen and oxygen atoms in total. The Balaban J connectivity index is 0.804. The van der Waals surface area contributed by atoms with Gasteiger partial charge in [0.15, 0.2) is 6.10 Å². The molecular weight excluding hydrogens is 1060 g/mol. The first-order chi connectivity index (χ1) is 38.5. The second-order valence-corrected chi connectivity index (χ2v) is 24.3. The van der Waals surface area contributed by atoms with Gasteiger partial charge in [-0.2, -0.15) is 4.31 Å². The molecule has 7 N–H and O–H groups in total. The molecule has 0 radical (unpaired) electrons. The number of ether oxygens (including phenoxy) is 4. The lowest BCUT2D eigenvalue weighted by molar-refractivity contribution is -0.157. The van der Waals surface area contributed by atoms with Crippen molar-refractivity contribution in [2.45, 2.75) is 117 Å². The van der Waals surface area contributed by atoms with Crippen LogP contribution in [0.2, 0.25) is 0 Å². The number of aliphatic hydroxyl groups excluding tert-OH is 1. The molecule has 0 saturated heterocycles. The van der Waals surface area contributed by atoms with Gasteiger partial charge in [-0.05, 0) is 118 Å². The molecule has 0 fully saturated rings. The zero-order valence-corrected chi connectivity index (χ0v) is 47.6. The monoisotopic (exact) mass is 1130 g/mol. The van der Waals surface area contributed by atoms with E-state index in [1.54, 1.807) is 81.1 Å². The highest BCUT2D eigenvalue weighted by Crippen LogP contribution is 2.41. The van der Waals surface area contributed by atoms with Crippen molar-refractivity contribution in [2.24, 2.45) is 10.8 Å². The van der Waals surface area contributed by atoms with E-state index in [1.807, 2.05) is 111 Å². The topological polar surface area (TPSA) is 244 Å². The minimum absolute atomic E-state index is 0.0440. The van der Waals surface area contributed by atoms with E-state index in [-0.39, 0.29) is 50.4 Å². The summed E-state index contributed by atoms with van der Waals surface area (Å²) in [7, 11) is -3.91. The van der Waals surface area contributed by atoms with Gasteiger partial charge in [0.2, 0.25) is 10.0 Å². The largest absolute Gasteiger partial charge is 0.488 e. The predicted molar refractivity (Wildman–Crippen MR) is 300 cm³/mol. The van der Waals surface area contributed by atoms with Crippen LogP contribution >= 0.6 is 0 Å². The Bertz CT molecular complexity index is 3330. The van der Waals surface area contributed by atoms with Gasteiger partial charge in [-0.15, -0.1) is 11.1 Å². The summed E-state index contributed by atoms with van der Waals surface area (Å²) in [5, 5.41) is 35.7. The lowest BCUT2D eigenvalue weighted by atomic mass is 9.81. The van der Waals surface area contributed by atoms with Gasteiger partial charge in [-0.3, -0.25) is 24.4 Å². The number of aliphatic hydroxyl groups is 1. The molecule has 0 aromatic heterocycles. The van der Waals surface area contributed by atoms with Gasteiger partial charge >= 0.3 is 11.9 Å². The number of hydrogen-bond acceptors (Lipinski definition) is 16. The van der Waals surface area contributed by atoms with E-state index in [0.717, 1.165) is 33.4 Å². The average Bonchev–Trinajstić information content (AvgIpc) is 4.19. The number of rotatable bonds is 20. The van der Waals surface area contributed by atoms with Crippen molar-refractivity contribution >= 4 is 27.9 Å². The molecule has 5 aromatic carbocycles. The predicted octanol–water partition coefficient (Wildman–Crippen LogP) is 7.19. The number of carbonyl (C=O) groups excluding carboxylic acids is 1. The summed E-state index contributed by atoms with van der Waals surface area (Å²) in [4.78, 5) is 40.9. The zero-order valence-electron chi connectivity index (χ0n) is 46.8. The standard InChI is InChI=1S/C60H72N8O12S/c1-37-17-23-43(25-45(37)31-65-27-39(3)79-50-14-10-9-13-49(50)53(69)56(65)70)54(59(5,6)57(71)72)77-35-47-33-66(63-61-47)29-41-19-21-42(22-20-41)30-67-34-48(62-64-67)36-78-55(60(7,8)58(73)74)44-24-18-38(2)46(26-44)32-68-28-40(4)80-51-15-11-12-16-52(51)81(68,75)76/h9-26,33-34,39-40,53-55,61-64,69H,27-32,35-36H2,1-8H3,(H,71,72)(H,73,74)/t39-,40-,53?,54?,55?/m1/s1. The van der Waals surface area contributed by atoms with Crippen molar-refractivity contribution < 1.29 is 57.1 Å². The third-order valence-electron chi connectivity index (χ3n) is 15.2. The first-order valence-corrected chi connectivity index (χ1v) is 28.3. The molecular formula is C60H72N8O12S. The maximum absolute atomic E-state index is 13.9. The molecule has 0 aliphatic carbocycles. The van der Waals surface area contributed by atoms with E-state index in [2.05, 4.69) is 21.9 Å². The molecule has 21 heteroatoms. The number of hydrogen-bond donors (Lipinski definition) is 7. The molecule has 9 rings (SSSR count). The van der Waals surface area contributed by atoms with Gasteiger partial charge < -0.3 is 50.0 Å². The molecule has 0 saturated carbocycles. The smallest absolute Gasteiger partial charge is 0.312 e. The first kappa shape index (κ1) is 58.2. The summed E-state index contributed by atoms with van der Waals surface area (Å²) in [6.07, 6.45) is -0.234. The second-order valence-electron chi connectivity index (χ2n) is 22.4. The third-order valence-corrected chi connectivity index (χ3v) is 17.0. The van der Waals surface area contributed by atoms with Gasteiger partial charge in [-0.25, -0.2) is 8.42 Å². The van der Waals surface area contributed by atoms with Crippen LogP contribution in [0.1, 0.15) is 110 Å². The number of hydrazine groups is 4. The number of nitrogens with zero attached hydrogens (tertiary/aromatic N) is 4. The molecule has 0 spiro atoms. The molecule has 3 unspecified atom stereocenters. The number of sulfonamides is 1. The number of nitrogens with one attached hydrogen (secondary N) is 4. The van der Waals surface area contributed by atoms with Gasteiger partial charge in [0, 0.05) is 31.1 Å². The minimum atomic E-state index is -3.91. The number of aliphatic carboxylic acids is 2. The summed E-state index contributed by atoms with van der Waals surface area (Å²) >= 11 is 0. The SMILES string of the molecule is Cc1ccc(C(OCC2=CN(Cc3ccc(CN4C=C(COC(c5ccc(C)c(CN6C[C@@H](C)Oc7ccccc7S6(=O)=O)c5)C(C)(C)C(=O)O)NN4)cc3)NN2)C(C)(C)C(=O)O)cc1CN1C[C@@H](C)Oc2ccccc2C(O)C1=O. The van der Waals surface area contributed by atoms with Crippen LogP contribution in [0, 0.1) is 24.7 Å². The molecule has 81 heavy (non-hydrogen) atoms. The molecule has 4 heterocycles. The van der Waals surface area contributed by atoms with Crippen LogP contribution in [0.5, 0.6) is 11.5 Å². The van der Waals surface area contributed by atoms with Gasteiger partial charge in [-0.1, -0.05) is 91.0 Å². The summed E-state index contributed by atoms with van der Waals surface area (Å²) < 4.78 is 54.2. The highest BCUT2D eigenvalue weighted by Gasteiger charge is 2.42. The Morgan fingerprint density at radius 1 is 0.654 bits per heavy atom. The Labute approximate surface area is 472 Å². The highest BCUT2D eigenvalue weighted by molar-refractivity contribution is 7.89. The fourth-order valence-electron chi connectivity index (χ4n) is 10.3. The number of carboxylic acid groups (broad SMARTS) is 2. The summed E-state index contributed by atoms with van der Waals surface area (Å²) in [6.45, 7) is 15.6. The van der Waals surface area contributed by atoms with Crippen molar-refractivity contribution in [3.63, 3.8) is 0 Å². The van der Waals surface area contributed by atoms with Crippen LogP contribution in [-0.4, -0.2) is 99.3 Å². The summed E-state index contributed by atoms with van der Waals surface area (Å²) in [5.74, 6) is -1.76. The Morgan fingerprint density at radius 3 is 1.65 bits per heavy atom. The Kier molecular flexibility index (Phi) is 17.2. The van der Waals surface area contributed by atoms with E-state index in [9.17, 15) is 38.1 Å². The normalized spacial score (nSPS) is 20.0. The van der Waals surface area contributed by atoms with Crippen LogP contribution in [0.15, 0.2) is 138 Å². The molecule has 0 bridgehead atoms. The van der Waals surface area contributed by atoms with Crippen LogP contribution in [0.3, 0.4) is 0 Å². The van der Waals surface area contributed by atoms with E-state index < -0.39 is 63.1 Å². The van der Waals surface area contributed by atoms with Crippen molar-refractivity contribution in [3.8, 4) is 11.5 Å². The number of para-hydroxylation sites is 2. The second kappa shape index (κ2) is 23.9. The molecule has 4 aliphatic rings. The minimum Gasteiger partial charge on any atom is -0.488 e. The van der Waals surface area contributed by atoms with E-state index in [0.29, 0.717) is 52.7 Å². The molecule has 5 atom stereocenters. The maximum atomic E-state index is 13.9. The van der Waals surface area contributed by atoms with E-state index >= 15 is 0 Å². The third kappa shape index (κ3) is 13.0. The number of benzene rings is 5. The number of carboxylic acids is 2. The lowest BCUT2D eigenvalue weighted by Gasteiger charge is -2.33. The van der Waals surface area contributed by atoms with Gasteiger partial charge in [0.05, 0.1) is 73.8 Å². The Morgan fingerprint density at radius 2 is 1.12 bits per heavy atom. The van der Waals surface area contributed by atoms with Gasteiger partial charge in [0.25, 0.3) is 5.91 Å². The van der Waals surface area contributed by atoms with Crippen LogP contribution in [-0.2, 0) is 60.1 Å². The molecule has 430 valence electrons. The zero-order chi connectivity index (χ0) is 58.0. The molecule has 1 amide bonds. The average molecular weight is 1130 g/mol. The van der Waals surface area contributed by atoms with Crippen molar-refractivity contribution in [1.82, 2.24) is 41.1 Å². The molecule has 4 aliphatic heterocycles. The lowest BCUT2D eigenvalue weighted by Crippen LogP contribution is -2.42. The van der Waals surface area contributed by atoms with E-state index in [4.69, 9.17) is 18.9 Å². The van der Waals surface area contributed by atoms with Crippen molar-refractivity contribution in [2.75, 3.05) is 26.3 Å². The van der Waals surface area contributed by atoms with Crippen LogP contribution in [0.4, 0.5) is 0 Å². The Hall–Kier alpha value is -7.50.